The van der Waals surface area contributed by atoms with Gasteiger partial charge in [0.25, 0.3) is 0 Å². The number of carbonyl (C=O) groups excluding carboxylic acids is 3. The Labute approximate surface area is 290 Å². The second-order valence-corrected chi connectivity index (χ2v) is 14.6. The van der Waals surface area contributed by atoms with Crippen molar-refractivity contribution in [1.29, 1.82) is 0 Å². The van der Waals surface area contributed by atoms with Crippen LogP contribution in [0.15, 0.2) is 36.4 Å². The van der Waals surface area contributed by atoms with Gasteiger partial charge in [0.05, 0.1) is 12.5 Å². The van der Waals surface area contributed by atoms with Crippen LogP contribution in [0.1, 0.15) is 59.9 Å². The molecule has 2 unspecified atom stereocenters. The van der Waals surface area contributed by atoms with E-state index < -0.39 is 11.9 Å². The summed E-state index contributed by atoms with van der Waals surface area (Å²) >= 11 is 0. The van der Waals surface area contributed by atoms with E-state index in [4.69, 9.17) is 0 Å². The van der Waals surface area contributed by atoms with Gasteiger partial charge >= 0.3 is 12.0 Å². The fraction of sp³-hybridized carbons (Fsp3) is 0.579. The summed E-state index contributed by atoms with van der Waals surface area (Å²) < 4.78 is 0. The molecule has 49 heavy (non-hydrogen) atoms. The Bertz CT molecular complexity index is 1520. The van der Waals surface area contributed by atoms with Crippen LogP contribution in [-0.4, -0.2) is 113 Å². The summed E-state index contributed by atoms with van der Waals surface area (Å²) in [5, 5.41) is 15.9. The van der Waals surface area contributed by atoms with Crippen molar-refractivity contribution in [2.45, 2.75) is 77.9 Å². The Morgan fingerprint density at radius 3 is 2.29 bits per heavy atom. The Hall–Kier alpha value is -3.96. The first-order valence-electron chi connectivity index (χ1n) is 18.0. The van der Waals surface area contributed by atoms with E-state index in [0.717, 1.165) is 42.7 Å². The van der Waals surface area contributed by atoms with Crippen LogP contribution in [0.4, 0.5) is 10.5 Å². The second kappa shape index (κ2) is 15.3. The Morgan fingerprint density at radius 2 is 1.59 bits per heavy atom. The van der Waals surface area contributed by atoms with Gasteiger partial charge in [-0.05, 0) is 92.7 Å². The number of aryl methyl sites for hydroxylation is 2. The molecule has 3 fully saturated rings. The topological polar surface area (TPSA) is 126 Å². The van der Waals surface area contributed by atoms with Crippen molar-refractivity contribution >= 4 is 29.5 Å². The highest BCUT2D eigenvalue weighted by atomic mass is 16.4. The number of hydrogen-bond donors (Lipinski definition) is 3. The predicted molar refractivity (Wildman–Crippen MR) is 188 cm³/mol. The highest BCUT2D eigenvalue weighted by Gasteiger charge is 2.38. The molecule has 4 aliphatic heterocycles. The Balaban J connectivity index is 1.10. The van der Waals surface area contributed by atoms with Crippen LogP contribution in [0.5, 0.6) is 0 Å². The van der Waals surface area contributed by atoms with Gasteiger partial charge in [-0.15, -0.1) is 0 Å². The van der Waals surface area contributed by atoms with Gasteiger partial charge in [-0.25, -0.2) is 4.79 Å². The Kier molecular flexibility index (Phi) is 10.9. The number of nitrogens with zero attached hydrogens (tertiary/aromatic N) is 4. The third kappa shape index (κ3) is 8.10. The number of para-hydroxylation sites is 1. The molecular formula is C38H52N6O5. The van der Waals surface area contributed by atoms with E-state index >= 15 is 0 Å². The van der Waals surface area contributed by atoms with Crippen molar-refractivity contribution in [2.24, 2.45) is 11.8 Å². The summed E-state index contributed by atoms with van der Waals surface area (Å²) in [6.07, 6.45) is 3.72. The maximum absolute atomic E-state index is 14.2. The lowest BCUT2D eigenvalue weighted by Crippen LogP contribution is -2.57. The number of nitrogens with one attached hydrogen (secondary N) is 2. The molecule has 0 bridgehead atoms. The molecule has 0 radical (unpaired) electrons. The average Bonchev–Trinajstić information content (AvgIpc) is 3.10. The van der Waals surface area contributed by atoms with Gasteiger partial charge in [0.2, 0.25) is 11.8 Å². The second-order valence-electron chi connectivity index (χ2n) is 14.6. The van der Waals surface area contributed by atoms with E-state index in [9.17, 15) is 24.3 Å². The molecule has 3 saturated heterocycles. The molecule has 11 heteroatoms. The van der Waals surface area contributed by atoms with Gasteiger partial charge < -0.3 is 30.4 Å². The maximum Gasteiger partial charge on any atom is 0.322 e. The summed E-state index contributed by atoms with van der Waals surface area (Å²) in [7, 11) is 0. The zero-order valence-corrected chi connectivity index (χ0v) is 29.2. The zero-order valence-electron chi connectivity index (χ0n) is 29.2. The smallest absolute Gasteiger partial charge is 0.322 e. The molecule has 264 valence electrons. The summed E-state index contributed by atoms with van der Waals surface area (Å²) in [4.78, 5) is 60.3. The number of benzene rings is 2. The van der Waals surface area contributed by atoms with Crippen molar-refractivity contribution in [2.75, 3.05) is 57.7 Å². The highest BCUT2D eigenvalue weighted by molar-refractivity contribution is 5.92. The number of hydrogen-bond acceptors (Lipinski definition) is 6. The van der Waals surface area contributed by atoms with E-state index in [0.29, 0.717) is 64.4 Å². The number of urea groups is 1. The monoisotopic (exact) mass is 672 g/mol. The largest absolute Gasteiger partial charge is 0.480 e. The molecule has 0 spiro atoms. The van der Waals surface area contributed by atoms with Crippen molar-refractivity contribution < 1.29 is 24.3 Å². The fourth-order valence-electron chi connectivity index (χ4n) is 8.42. The van der Waals surface area contributed by atoms with Crippen LogP contribution in [-0.2, 0) is 27.3 Å². The van der Waals surface area contributed by atoms with Gasteiger partial charge in [0.15, 0.2) is 0 Å². The molecule has 0 aliphatic carbocycles. The van der Waals surface area contributed by atoms with Gasteiger partial charge in [0.1, 0.15) is 0 Å². The molecule has 2 aromatic carbocycles. The predicted octanol–water partition coefficient (Wildman–Crippen LogP) is 3.80. The summed E-state index contributed by atoms with van der Waals surface area (Å²) in [6, 6.07) is 12.3. The van der Waals surface area contributed by atoms with Crippen molar-refractivity contribution in [1.82, 2.24) is 24.9 Å². The quantitative estimate of drug-likeness (QED) is 0.370. The zero-order chi connectivity index (χ0) is 34.7. The number of carboxylic acids is 1. The number of amides is 4. The summed E-state index contributed by atoms with van der Waals surface area (Å²) in [5.41, 5.74) is 6.66. The van der Waals surface area contributed by atoms with Crippen molar-refractivity contribution in [3.05, 3.63) is 64.2 Å². The minimum atomic E-state index is -0.805. The first-order chi connectivity index (χ1) is 23.6. The normalized spacial score (nSPS) is 21.7. The number of piperazine rings is 1. The standard InChI is InChI=1S/C38H52N6O5/c1-25-18-28(19-26(2)27(25)3)20-31(37(48)42-13-8-29(9-14-42)34-22-39-12-17-43(34)24-36(46)47)21-35(45)41-15-10-32(11-16-41)44-23-30-6-4-5-7-33(30)40-38(44)49/h4-7,18-19,29,31-32,34,39H,8-17,20-24H2,1-3H3,(H,40,49)(H,46,47). The van der Waals surface area contributed by atoms with Crippen LogP contribution >= 0.6 is 0 Å². The SMILES string of the molecule is Cc1cc(CC(CC(=O)N2CCC(N3Cc4ccccc4NC3=O)CC2)C(=O)N2CCC(C3CNCCN3CC(=O)O)CC2)cc(C)c1C. The van der Waals surface area contributed by atoms with Crippen LogP contribution in [0, 0.1) is 32.6 Å². The lowest BCUT2D eigenvalue weighted by molar-refractivity contribution is -0.143. The first kappa shape index (κ1) is 34.9. The number of piperidine rings is 2. The third-order valence-electron chi connectivity index (χ3n) is 11.5. The molecule has 11 nitrogen and oxygen atoms in total. The van der Waals surface area contributed by atoms with Gasteiger partial charge in [-0.1, -0.05) is 30.3 Å². The number of carbonyl (C=O) groups is 4. The fourth-order valence-corrected chi connectivity index (χ4v) is 8.42. The first-order valence-corrected chi connectivity index (χ1v) is 18.0. The number of fused-ring (bicyclic) bond motifs is 1. The van der Waals surface area contributed by atoms with Crippen molar-refractivity contribution in [3.63, 3.8) is 0 Å². The number of aliphatic carboxylic acids is 1. The molecule has 2 aromatic rings. The number of anilines is 1. The highest BCUT2D eigenvalue weighted by Crippen LogP contribution is 2.30. The van der Waals surface area contributed by atoms with E-state index in [1.54, 1.807) is 0 Å². The molecular weight excluding hydrogens is 620 g/mol. The van der Waals surface area contributed by atoms with E-state index in [1.165, 1.54) is 16.7 Å². The van der Waals surface area contributed by atoms with Crippen LogP contribution in [0.2, 0.25) is 0 Å². The molecule has 3 N–H and O–H groups in total. The molecule has 0 saturated carbocycles. The minimum absolute atomic E-state index is 0.00160. The van der Waals surface area contributed by atoms with E-state index in [-0.39, 0.29) is 42.9 Å². The van der Waals surface area contributed by atoms with E-state index in [2.05, 4.69) is 48.4 Å². The number of likely N-dealkylation sites (tertiary alicyclic amines) is 2. The third-order valence-corrected chi connectivity index (χ3v) is 11.5. The summed E-state index contributed by atoms with van der Waals surface area (Å²) in [6.45, 7) is 11.5. The lowest BCUT2D eigenvalue weighted by atomic mass is 9.86. The molecule has 6 rings (SSSR count). The molecule has 4 amide bonds. The number of rotatable bonds is 9. The Morgan fingerprint density at radius 1 is 0.918 bits per heavy atom. The number of carboxylic acid groups (broad SMARTS) is 1. The molecule has 4 heterocycles. The average molecular weight is 673 g/mol. The van der Waals surface area contributed by atoms with Gasteiger partial charge in [-0.2, -0.15) is 0 Å². The molecule has 4 aliphatic rings. The van der Waals surface area contributed by atoms with Crippen LogP contribution < -0.4 is 10.6 Å². The van der Waals surface area contributed by atoms with Gasteiger partial charge in [0, 0.05) is 76.5 Å². The van der Waals surface area contributed by atoms with Crippen molar-refractivity contribution in [3.8, 4) is 0 Å². The molecule has 2 atom stereocenters. The minimum Gasteiger partial charge on any atom is -0.480 e. The van der Waals surface area contributed by atoms with Crippen LogP contribution in [0.25, 0.3) is 0 Å². The molecule has 0 aromatic heterocycles. The lowest BCUT2D eigenvalue weighted by Gasteiger charge is -2.44. The van der Waals surface area contributed by atoms with E-state index in [1.807, 2.05) is 39.0 Å². The van der Waals surface area contributed by atoms with Gasteiger partial charge in [-0.3, -0.25) is 19.3 Å². The maximum atomic E-state index is 14.2. The van der Waals surface area contributed by atoms with Crippen LogP contribution in [0.3, 0.4) is 0 Å². The summed E-state index contributed by atoms with van der Waals surface area (Å²) in [5.74, 6) is -0.924.